The van der Waals surface area contributed by atoms with Gasteiger partial charge in [-0.2, -0.15) is 0 Å². The lowest BCUT2D eigenvalue weighted by Crippen LogP contribution is -2.24. The van der Waals surface area contributed by atoms with Gasteiger partial charge in [0.1, 0.15) is 30.0 Å². The molecule has 122 valence electrons. The number of carbonyl (C=O) groups is 1. The molecule has 2 aromatic rings. The van der Waals surface area contributed by atoms with Crippen molar-refractivity contribution in [2.75, 3.05) is 6.61 Å². The predicted molar refractivity (Wildman–Crippen MR) is 88.9 cm³/mol. The summed E-state index contributed by atoms with van der Waals surface area (Å²) in [5.41, 5.74) is 0. The van der Waals surface area contributed by atoms with E-state index in [0.29, 0.717) is 0 Å². The minimum atomic E-state index is -0.290. The third kappa shape index (κ3) is 6.02. The van der Waals surface area contributed by atoms with Crippen LogP contribution in [0.25, 0.3) is 0 Å². The zero-order valence-corrected chi connectivity index (χ0v) is 13.5. The Kier molecular flexibility index (Phi) is 6.48. The van der Waals surface area contributed by atoms with E-state index in [1.807, 2.05) is 54.6 Å². The lowest BCUT2D eigenvalue weighted by molar-refractivity contribution is -0.143. The molecule has 0 aliphatic heterocycles. The van der Waals surface area contributed by atoms with Crippen molar-refractivity contribution in [1.82, 2.24) is 0 Å². The van der Waals surface area contributed by atoms with E-state index in [4.69, 9.17) is 14.2 Å². The lowest BCUT2D eigenvalue weighted by Gasteiger charge is -2.18. The average Bonchev–Trinajstić information content (AvgIpc) is 2.55. The van der Waals surface area contributed by atoms with Crippen molar-refractivity contribution in [3.63, 3.8) is 0 Å². The van der Waals surface area contributed by atoms with Crippen LogP contribution in [0.5, 0.6) is 17.2 Å². The minimum absolute atomic E-state index is 0.134. The average molecular weight is 314 g/mol. The molecule has 0 fully saturated rings. The molecule has 0 radical (unpaired) electrons. The first kappa shape index (κ1) is 16.9. The topological polar surface area (TPSA) is 44.8 Å². The van der Waals surface area contributed by atoms with Crippen molar-refractivity contribution in [2.45, 2.75) is 32.8 Å². The van der Waals surface area contributed by atoms with Gasteiger partial charge in [-0.05, 0) is 42.8 Å². The van der Waals surface area contributed by atoms with Crippen LogP contribution in [-0.2, 0) is 9.53 Å². The molecule has 0 heterocycles. The van der Waals surface area contributed by atoms with Crippen molar-refractivity contribution >= 4 is 5.97 Å². The van der Waals surface area contributed by atoms with Crippen molar-refractivity contribution in [2.24, 2.45) is 0 Å². The maximum atomic E-state index is 10.9. The monoisotopic (exact) mass is 314 g/mol. The van der Waals surface area contributed by atoms with Gasteiger partial charge in [-0.3, -0.25) is 4.79 Å². The molecule has 2 aromatic carbocycles. The summed E-state index contributed by atoms with van der Waals surface area (Å²) in [6, 6.07) is 17.0. The fraction of sp³-hybridized carbons (Fsp3) is 0.316. The van der Waals surface area contributed by atoms with Crippen LogP contribution in [0.15, 0.2) is 54.6 Å². The number of para-hydroxylation sites is 1. The fourth-order valence-corrected chi connectivity index (χ4v) is 2.11. The van der Waals surface area contributed by atoms with Gasteiger partial charge in [-0.1, -0.05) is 31.5 Å². The molecule has 23 heavy (non-hydrogen) atoms. The number of hydrogen-bond donors (Lipinski definition) is 0. The van der Waals surface area contributed by atoms with Gasteiger partial charge in [0.2, 0.25) is 0 Å². The minimum Gasteiger partial charge on any atom is -0.487 e. The van der Waals surface area contributed by atoms with E-state index in [-0.39, 0.29) is 18.7 Å². The number of esters is 1. The first-order valence-corrected chi connectivity index (χ1v) is 7.80. The second-order valence-corrected chi connectivity index (χ2v) is 5.22. The summed E-state index contributed by atoms with van der Waals surface area (Å²) < 4.78 is 16.7. The largest absolute Gasteiger partial charge is 0.487 e. The third-order valence-electron chi connectivity index (χ3n) is 3.19. The lowest BCUT2D eigenvalue weighted by atomic mass is 10.2. The Morgan fingerprint density at radius 2 is 1.57 bits per heavy atom. The maximum Gasteiger partial charge on any atom is 0.302 e. The van der Waals surface area contributed by atoms with Crippen LogP contribution in [0.4, 0.5) is 0 Å². The smallest absolute Gasteiger partial charge is 0.302 e. The Labute approximate surface area is 137 Å². The summed E-state index contributed by atoms with van der Waals surface area (Å²) in [5.74, 6) is 1.98. The van der Waals surface area contributed by atoms with E-state index in [1.165, 1.54) is 6.92 Å². The Morgan fingerprint density at radius 1 is 0.957 bits per heavy atom. The van der Waals surface area contributed by atoms with Crippen LogP contribution < -0.4 is 9.47 Å². The molecule has 1 unspecified atom stereocenters. The molecule has 0 N–H and O–H groups in total. The van der Waals surface area contributed by atoms with Gasteiger partial charge in [-0.25, -0.2) is 0 Å². The van der Waals surface area contributed by atoms with Crippen LogP contribution in [-0.4, -0.2) is 18.7 Å². The van der Waals surface area contributed by atoms with E-state index >= 15 is 0 Å². The molecule has 0 saturated carbocycles. The second kappa shape index (κ2) is 8.83. The number of ether oxygens (including phenoxy) is 3. The zero-order chi connectivity index (χ0) is 16.5. The van der Waals surface area contributed by atoms with Crippen molar-refractivity contribution < 1.29 is 19.0 Å². The molecule has 0 aromatic heterocycles. The maximum absolute atomic E-state index is 10.9. The SMILES string of the molecule is CCCC(COC(C)=O)Oc1ccc(Oc2ccccc2)cc1. The van der Waals surface area contributed by atoms with Gasteiger partial charge in [0, 0.05) is 6.92 Å². The Balaban J connectivity index is 1.93. The Hall–Kier alpha value is -2.49. The zero-order valence-electron chi connectivity index (χ0n) is 13.5. The summed E-state index contributed by atoms with van der Waals surface area (Å²) in [4.78, 5) is 10.9. The first-order chi connectivity index (χ1) is 11.2. The summed E-state index contributed by atoms with van der Waals surface area (Å²) in [6.07, 6.45) is 1.65. The summed E-state index contributed by atoms with van der Waals surface area (Å²) in [6.45, 7) is 3.74. The van der Waals surface area contributed by atoms with E-state index in [2.05, 4.69) is 6.92 Å². The number of rotatable bonds is 8. The van der Waals surface area contributed by atoms with Crippen LogP contribution in [0, 0.1) is 0 Å². The molecule has 4 heteroatoms. The molecule has 0 saturated heterocycles. The van der Waals surface area contributed by atoms with Gasteiger partial charge < -0.3 is 14.2 Å². The fourth-order valence-electron chi connectivity index (χ4n) is 2.11. The van der Waals surface area contributed by atoms with Gasteiger partial charge >= 0.3 is 5.97 Å². The highest BCUT2D eigenvalue weighted by atomic mass is 16.6. The van der Waals surface area contributed by atoms with E-state index in [0.717, 1.165) is 30.1 Å². The molecule has 2 rings (SSSR count). The Bertz CT molecular complexity index is 593. The predicted octanol–water partition coefficient (Wildman–Crippen LogP) is 4.59. The molecule has 0 amide bonds. The molecule has 4 nitrogen and oxygen atoms in total. The van der Waals surface area contributed by atoms with E-state index in [1.54, 1.807) is 0 Å². The van der Waals surface area contributed by atoms with Gasteiger partial charge in [0.05, 0.1) is 0 Å². The molecule has 1 atom stereocenters. The highest BCUT2D eigenvalue weighted by molar-refractivity contribution is 5.65. The second-order valence-electron chi connectivity index (χ2n) is 5.22. The Morgan fingerprint density at radius 3 is 2.17 bits per heavy atom. The molecule has 0 bridgehead atoms. The van der Waals surface area contributed by atoms with Crippen LogP contribution in [0.1, 0.15) is 26.7 Å². The number of hydrogen-bond acceptors (Lipinski definition) is 4. The number of carbonyl (C=O) groups excluding carboxylic acids is 1. The summed E-state index contributed by atoms with van der Waals surface area (Å²) in [7, 11) is 0. The molecular weight excluding hydrogens is 292 g/mol. The summed E-state index contributed by atoms with van der Waals surface area (Å²) >= 11 is 0. The standard InChI is InChI=1S/C19H22O4/c1-3-7-19(14-21-15(2)20)23-18-12-10-17(11-13-18)22-16-8-5-4-6-9-16/h4-6,8-13,19H,3,7,14H2,1-2H3. The normalized spacial score (nSPS) is 11.6. The van der Waals surface area contributed by atoms with Crippen molar-refractivity contribution in [1.29, 1.82) is 0 Å². The molecular formula is C19H22O4. The van der Waals surface area contributed by atoms with Crippen molar-refractivity contribution in [3.05, 3.63) is 54.6 Å². The van der Waals surface area contributed by atoms with Gasteiger partial charge in [-0.15, -0.1) is 0 Å². The van der Waals surface area contributed by atoms with Crippen LogP contribution >= 0.6 is 0 Å². The van der Waals surface area contributed by atoms with Crippen LogP contribution in [0.3, 0.4) is 0 Å². The van der Waals surface area contributed by atoms with E-state index in [9.17, 15) is 4.79 Å². The number of benzene rings is 2. The first-order valence-electron chi connectivity index (χ1n) is 7.80. The van der Waals surface area contributed by atoms with Gasteiger partial charge in [0.25, 0.3) is 0 Å². The van der Waals surface area contributed by atoms with Gasteiger partial charge in [0.15, 0.2) is 0 Å². The van der Waals surface area contributed by atoms with Crippen LogP contribution in [0.2, 0.25) is 0 Å². The highest BCUT2D eigenvalue weighted by Crippen LogP contribution is 2.24. The third-order valence-corrected chi connectivity index (χ3v) is 3.19. The van der Waals surface area contributed by atoms with E-state index < -0.39 is 0 Å². The molecule has 0 aliphatic rings. The quantitative estimate of drug-likeness (QED) is 0.669. The highest BCUT2D eigenvalue weighted by Gasteiger charge is 2.11. The molecule has 0 spiro atoms. The van der Waals surface area contributed by atoms with Crippen molar-refractivity contribution in [3.8, 4) is 17.2 Å². The summed E-state index contributed by atoms with van der Waals surface area (Å²) in [5, 5.41) is 0. The molecule has 0 aliphatic carbocycles.